The average Bonchev–Trinajstić information content (AvgIpc) is 2.14. The zero-order valence-corrected chi connectivity index (χ0v) is 9.26. The second kappa shape index (κ2) is 4.40. The first-order valence-corrected chi connectivity index (χ1v) is 4.94. The summed E-state index contributed by atoms with van der Waals surface area (Å²) in [6.07, 6.45) is -9.39. The van der Waals surface area contributed by atoms with Crippen LogP contribution in [0.15, 0.2) is 12.1 Å². The summed E-state index contributed by atoms with van der Waals surface area (Å²) in [5, 5.41) is 0. The molecule has 1 aromatic rings. The minimum Gasteiger partial charge on any atom is -0.166 e. The van der Waals surface area contributed by atoms with Gasteiger partial charge in [0.2, 0.25) is 0 Å². The summed E-state index contributed by atoms with van der Waals surface area (Å²) >= 11 is 5.25. The van der Waals surface area contributed by atoms with Gasteiger partial charge in [-0.15, -0.1) is 11.6 Å². The van der Waals surface area contributed by atoms with E-state index in [1.54, 1.807) is 0 Å². The van der Waals surface area contributed by atoms with E-state index in [-0.39, 0.29) is 0 Å². The van der Waals surface area contributed by atoms with Crippen molar-refractivity contribution in [1.29, 1.82) is 0 Å². The molecular formula is C10H7ClF6. The second-order valence-electron chi connectivity index (χ2n) is 3.45. The van der Waals surface area contributed by atoms with Gasteiger partial charge in [-0.2, -0.15) is 26.3 Å². The summed E-state index contributed by atoms with van der Waals surface area (Å²) in [6, 6.07) is 0.922. The van der Waals surface area contributed by atoms with Crippen LogP contribution in [0.1, 0.15) is 22.3 Å². The number of hydrogen-bond acceptors (Lipinski definition) is 0. The Morgan fingerprint density at radius 1 is 0.941 bits per heavy atom. The van der Waals surface area contributed by atoms with Crippen LogP contribution in [0.2, 0.25) is 0 Å². The van der Waals surface area contributed by atoms with Crippen molar-refractivity contribution < 1.29 is 26.3 Å². The van der Waals surface area contributed by atoms with Gasteiger partial charge >= 0.3 is 12.4 Å². The molecule has 0 unspecified atom stereocenters. The molecule has 0 aromatic heterocycles. The maximum absolute atomic E-state index is 12.5. The summed E-state index contributed by atoms with van der Waals surface area (Å²) in [5.41, 5.74) is -3.27. The first-order valence-electron chi connectivity index (χ1n) is 4.41. The molecule has 17 heavy (non-hydrogen) atoms. The third kappa shape index (κ3) is 3.06. The summed E-state index contributed by atoms with van der Waals surface area (Å²) in [7, 11) is 0. The molecule has 96 valence electrons. The molecule has 0 aliphatic rings. The Balaban J connectivity index is 3.46. The van der Waals surface area contributed by atoms with Gasteiger partial charge in [0, 0.05) is 5.88 Å². The van der Waals surface area contributed by atoms with E-state index >= 15 is 0 Å². The van der Waals surface area contributed by atoms with Crippen molar-refractivity contribution in [3.05, 3.63) is 34.4 Å². The molecule has 0 saturated heterocycles. The highest BCUT2D eigenvalue weighted by atomic mass is 35.5. The van der Waals surface area contributed by atoms with E-state index < -0.39 is 40.5 Å². The second-order valence-corrected chi connectivity index (χ2v) is 3.72. The first kappa shape index (κ1) is 14.2. The lowest BCUT2D eigenvalue weighted by atomic mass is 9.99. The number of benzene rings is 1. The molecule has 0 nitrogen and oxygen atoms in total. The van der Waals surface area contributed by atoms with E-state index in [4.69, 9.17) is 11.6 Å². The van der Waals surface area contributed by atoms with Gasteiger partial charge in [-0.3, -0.25) is 0 Å². The van der Waals surface area contributed by atoms with Gasteiger partial charge in [-0.25, -0.2) is 0 Å². The zero-order valence-electron chi connectivity index (χ0n) is 8.51. The molecule has 0 N–H and O–H groups in total. The third-order valence-electron chi connectivity index (χ3n) is 2.20. The van der Waals surface area contributed by atoms with Crippen molar-refractivity contribution in [2.24, 2.45) is 0 Å². The van der Waals surface area contributed by atoms with Crippen LogP contribution in [0, 0.1) is 6.92 Å². The molecule has 0 amide bonds. The van der Waals surface area contributed by atoms with E-state index in [1.165, 1.54) is 0 Å². The van der Waals surface area contributed by atoms with Gasteiger partial charge in [0.1, 0.15) is 0 Å². The molecule has 0 aliphatic heterocycles. The SMILES string of the molecule is Cc1cc(C(F)(F)F)c(CCl)cc1C(F)(F)F. The molecule has 7 heteroatoms. The Hall–Kier alpha value is -0.910. The van der Waals surface area contributed by atoms with Gasteiger partial charge in [0.05, 0.1) is 11.1 Å². The number of halogens is 7. The molecule has 0 fully saturated rings. The monoisotopic (exact) mass is 276 g/mol. The minimum absolute atomic E-state index is 0.450. The largest absolute Gasteiger partial charge is 0.416 e. The normalized spacial score (nSPS) is 12.9. The molecule has 1 aromatic carbocycles. The van der Waals surface area contributed by atoms with Crippen molar-refractivity contribution in [3.63, 3.8) is 0 Å². The Morgan fingerprint density at radius 2 is 1.41 bits per heavy atom. The van der Waals surface area contributed by atoms with Gasteiger partial charge in [0.15, 0.2) is 0 Å². The lowest BCUT2D eigenvalue weighted by Crippen LogP contribution is -2.14. The quantitative estimate of drug-likeness (QED) is 0.512. The maximum Gasteiger partial charge on any atom is 0.416 e. The van der Waals surface area contributed by atoms with E-state index in [0.29, 0.717) is 12.1 Å². The predicted molar refractivity (Wildman–Crippen MR) is 50.7 cm³/mol. The van der Waals surface area contributed by atoms with Crippen LogP contribution >= 0.6 is 11.6 Å². The molecule has 0 bridgehead atoms. The Labute approximate surface area is 98.2 Å². The van der Waals surface area contributed by atoms with Crippen LogP contribution in [0.5, 0.6) is 0 Å². The molecule has 0 aliphatic carbocycles. The summed E-state index contributed by atoms with van der Waals surface area (Å²) in [5.74, 6) is -0.627. The predicted octanol–water partition coefficient (Wildman–Crippen LogP) is 4.77. The first-order chi connectivity index (χ1) is 7.57. The average molecular weight is 277 g/mol. The van der Waals surface area contributed by atoms with Crippen LogP contribution in [-0.4, -0.2) is 0 Å². The summed E-state index contributed by atoms with van der Waals surface area (Å²) < 4.78 is 74.9. The summed E-state index contributed by atoms with van der Waals surface area (Å²) in [4.78, 5) is 0. The Morgan fingerprint density at radius 3 is 1.76 bits per heavy atom. The van der Waals surface area contributed by atoms with Crippen LogP contribution in [0.4, 0.5) is 26.3 Å². The Bertz CT molecular complexity index is 418. The van der Waals surface area contributed by atoms with E-state index in [9.17, 15) is 26.3 Å². The third-order valence-corrected chi connectivity index (χ3v) is 2.49. The number of aryl methyl sites for hydroxylation is 1. The minimum atomic E-state index is -4.71. The highest BCUT2D eigenvalue weighted by Crippen LogP contribution is 2.38. The van der Waals surface area contributed by atoms with Crippen LogP contribution in [0.3, 0.4) is 0 Å². The lowest BCUT2D eigenvalue weighted by Gasteiger charge is -2.16. The van der Waals surface area contributed by atoms with Crippen molar-refractivity contribution in [3.8, 4) is 0 Å². The molecule has 0 spiro atoms. The maximum atomic E-state index is 12.5. The van der Waals surface area contributed by atoms with Crippen LogP contribution in [-0.2, 0) is 18.2 Å². The number of hydrogen-bond donors (Lipinski definition) is 0. The fraction of sp³-hybridized carbons (Fsp3) is 0.400. The van der Waals surface area contributed by atoms with Crippen LogP contribution in [0.25, 0.3) is 0 Å². The number of alkyl halides is 7. The topological polar surface area (TPSA) is 0 Å². The van der Waals surface area contributed by atoms with Crippen molar-refractivity contribution in [2.45, 2.75) is 25.2 Å². The fourth-order valence-corrected chi connectivity index (χ4v) is 1.65. The van der Waals surface area contributed by atoms with Crippen molar-refractivity contribution in [2.75, 3.05) is 0 Å². The molecule has 0 atom stereocenters. The zero-order chi connectivity index (χ0) is 13.4. The Kier molecular flexibility index (Phi) is 3.66. The van der Waals surface area contributed by atoms with Crippen LogP contribution < -0.4 is 0 Å². The highest BCUT2D eigenvalue weighted by molar-refractivity contribution is 6.17. The molecule has 0 saturated carbocycles. The lowest BCUT2D eigenvalue weighted by molar-refractivity contribution is -0.142. The smallest absolute Gasteiger partial charge is 0.166 e. The van der Waals surface area contributed by atoms with Crippen molar-refractivity contribution >= 4 is 11.6 Å². The van der Waals surface area contributed by atoms with E-state index in [1.807, 2.05) is 0 Å². The summed E-state index contributed by atoms with van der Waals surface area (Å²) in [6.45, 7) is 0.982. The van der Waals surface area contributed by atoms with Gasteiger partial charge in [0.25, 0.3) is 0 Å². The van der Waals surface area contributed by atoms with Gasteiger partial charge < -0.3 is 0 Å². The molecule has 0 heterocycles. The van der Waals surface area contributed by atoms with E-state index in [0.717, 1.165) is 6.92 Å². The fourth-order valence-electron chi connectivity index (χ4n) is 1.43. The highest BCUT2D eigenvalue weighted by Gasteiger charge is 2.38. The molecule has 1 rings (SSSR count). The molecular weight excluding hydrogens is 270 g/mol. The van der Waals surface area contributed by atoms with E-state index in [2.05, 4.69) is 0 Å². The van der Waals surface area contributed by atoms with Gasteiger partial charge in [-0.1, -0.05) is 0 Å². The standard InChI is InChI=1S/C10H7ClF6/c1-5-2-8(10(15,16)17)6(4-11)3-7(5)9(12,13)14/h2-3H,4H2,1H3. The molecule has 0 radical (unpaired) electrons. The van der Waals surface area contributed by atoms with Gasteiger partial charge in [-0.05, 0) is 30.2 Å². The van der Waals surface area contributed by atoms with Crippen molar-refractivity contribution in [1.82, 2.24) is 0 Å². The number of rotatable bonds is 1.